The van der Waals surface area contributed by atoms with E-state index in [9.17, 15) is 9.90 Å². The standard InChI is InChI=1S/C18H13N3O3S/c22-13-7-3-2-6-12(13)21-15(23)9-25-18-17-16(19-10-20-18)11-5-1-4-8-14(11)24-17/h1-8,10,22H,9H2,(H,21,23). The van der Waals surface area contributed by atoms with Crippen molar-refractivity contribution in [2.45, 2.75) is 5.03 Å². The number of nitrogens with zero attached hydrogens (tertiary/aromatic N) is 2. The zero-order chi connectivity index (χ0) is 17.2. The molecule has 1 amide bonds. The maximum absolute atomic E-state index is 12.1. The van der Waals surface area contributed by atoms with Crippen molar-refractivity contribution in [1.82, 2.24) is 9.97 Å². The number of hydrogen-bond acceptors (Lipinski definition) is 6. The van der Waals surface area contributed by atoms with E-state index < -0.39 is 0 Å². The molecule has 0 saturated carbocycles. The largest absolute Gasteiger partial charge is 0.506 e. The third kappa shape index (κ3) is 3.01. The molecule has 25 heavy (non-hydrogen) atoms. The molecule has 0 radical (unpaired) electrons. The summed E-state index contributed by atoms with van der Waals surface area (Å²) in [5.74, 6) is -0.0748. The number of para-hydroxylation sites is 3. The second-order valence-corrected chi connectivity index (χ2v) is 6.27. The number of nitrogens with one attached hydrogen (secondary N) is 1. The minimum absolute atomic E-state index is 0.0301. The van der Waals surface area contributed by atoms with E-state index in [2.05, 4.69) is 15.3 Å². The lowest BCUT2D eigenvalue weighted by atomic mass is 10.2. The van der Waals surface area contributed by atoms with E-state index in [-0.39, 0.29) is 17.4 Å². The van der Waals surface area contributed by atoms with Gasteiger partial charge in [-0.3, -0.25) is 4.79 Å². The summed E-state index contributed by atoms with van der Waals surface area (Å²) < 4.78 is 5.84. The molecule has 6 nitrogen and oxygen atoms in total. The average Bonchev–Trinajstić information content (AvgIpc) is 3.01. The van der Waals surface area contributed by atoms with Gasteiger partial charge in [0.15, 0.2) is 5.58 Å². The van der Waals surface area contributed by atoms with Crippen molar-refractivity contribution in [3.05, 3.63) is 54.9 Å². The summed E-state index contributed by atoms with van der Waals surface area (Å²) >= 11 is 1.26. The number of amides is 1. The Bertz CT molecular complexity index is 1080. The second-order valence-electron chi connectivity index (χ2n) is 5.31. The molecule has 0 fully saturated rings. The van der Waals surface area contributed by atoms with Crippen LogP contribution in [0.4, 0.5) is 5.69 Å². The maximum atomic E-state index is 12.1. The fourth-order valence-corrected chi connectivity index (χ4v) is 3.24. The van der Waals surface area contributed by atoms with Crippen LogP contribution in [-0.2, 0) is 4.79 Å². The van der Waals surface area contributed by atoms with Gasteiger partial charge < -0.3 is 14.8 Å². The molecule has 124 valence electrons. The summed E-state index contributed by atoms with van der Waals surface area (Å²) in [6, 6.07) is 14.2. The van der Waals surface area contributed by atoms with Crippen molar-refractivity contribution in [3.63, 3.8) is 0 Å². The molecule has 0 aliphatic carbocycles. The van der Waals surface area contributed by atoms with Crippen molar-refractivity contribution in [2.75, 3.05) is 11.1 Å². The van der Waals surface area contributed by atoms with Gasteiger partial charge in [-0.2, -0.15) is 0 Å². The summed E-state index contributed by atoms with van der Waals surface area (Å²) in [5.41, 5.74) is 2.42. The number of thioether (sulfide) groups is 1. The fourth-order valence-electron chi connectivity index (χ4n) is 2.51. The van der Waals surface area contributed by atoms with E-state index in [1.807, 2.05) is 24.3 Å². The van der Waals surface area contributed by atoms with Gasteiger partial charge in [0.05, 0.1) is 11.4 Å². The van der Waals surface area contributed by atoms with E-state index in [4.69, 9.17) is 4.42 Å². The number of carbonyl (C=O) groups is 1. The summed E-state index contributed by atoms with van der Waals surface area (Å²) in [5, 5.41) is 13.9. The van der Waals surface area contributed by atoms with Crippen molar-refractivity contribution in [2.24, 2.45) is 0 Å². The first-order chi connectivity index (χ1) is 12.2. The first kappa shape index (κ1) is 15.5. The molecule has 2 aromatic heterocycles. The lowest BCUT2D eigenvalue weighted by molar-refractivity contribution is -0.113. The Hall–Kier alpha value is -3.06. The number of phenolic OH excluding ortho intramolecular Hbond substituents is 1. The van der Waals surface area contributed by atoms with E-state index in [1.165, 1.54) is 24.2 Å². The SMILES string of the molecule is O=C(CSc1ncnc2c1oc1ccccc12)Nc1ccccc1O. The molecular weight excluding hydrogens is 338 g/mol. The third-order valence-electron chi connectivity index (χ3n) is 3.64. The minimum Gasteiger partial charge on any atom is -0.506 e. The number of aromatic hydroxyl groups is 1. The molecule has 0 aliphatic rings. The predicted molar refractivity (Wildman–Crippen MR) is 96.8 cm³/mol. The summed E-state index contributed by atoms with van der Waals surface area (Å²) in [7, 11) is 0. The van der Waals surface area contributed by atoms with Crippen LogP contribution < -0.4 is 5.32 Å². The Balaban J connectivity index is 1.55. The molecular formula is C18H13N3O3S. The second kappa shape index (κ2) is 6.45. The minimum atomic E-state index is -0.241. The number of aromatic nitrogens is 2. The van der Waals surface area contributed by atoms with Gasteiger partial charge in [-0.1, -0.05) is 36.0 Å². The lowest BCUT2D eigenvalue weighted by Gasteiger charge is -2.06. The number of carbonyl (C=O) groups excluding carboxylic acids is 1. The van der Waals surface area contributed by atoms with Crippen LogP contribution >= 0.6 is 11.8 Å². The number of rotatable bonds is 4. The van der Waals surface area contributed by atoms with Gasteiger partial charge in [-0.05, 0) is 24.3 Å². The molecule has 2 N–H and O–H groups in total. The van der Waals surface area contributed by atoms with Crippen LogP contribution in [-0.4, -0.2) is 26.7 Å². The molecule has 4 aromatic rings. The van der Waals surface area contributed by atoms with Crippen LogP contribution in [0.5, 0.6) is 5.75 Å². The van der Waals surface area contributed by atoms with Gasteiger partial charge in [0.2, 0.25) is 5.91 Å². The van der Waals surface area contributed by atoms with Crippen LogP contribution in [0, 0.1) is 0 Å². The summed E-state index contributed by atoms with van der Waals surface area (Å²) in [4.78, 5) is 20.6. The zero-order valence-electron chi connectivity index (χ0n) is 13.0. The molecule has 0 spiro atoms. The van der Waals surface area contributed by atoms with Crippen molar-refractivity contribution in [1.29, 1.82) is 0 Å². The molecule has 2 aromatic carbocycles. The highest BCUT2D eigenvalue weighted by molar-refractivity contribution is 8.00. The lowest BCUT2D eigenvalue weighted by Crippen LogP contribution is -2.14. The van der Waals surface area contributed by atoms with Gasteiger partial charge in [-0.25, -0.2) is 9.97 Å². The Morgan fingerprint density at radius 3 is 2.80 bits per heavy atom. The number of fused-ring (bicyclic) bond motifs is 3. The Labute approximate surface area is 146 Å². The van der Waals surface area contributed by atoms with Gasteiger partial charge >= 0.3 is 0 Å². The van der Waals surface area contributed by atoms with Crippen molar-refractivity contribution < 1.29 is 14.3 Å². The normalized spacial score (nSPS) is 11.0. The number of anilines is 1. The number of hydrogen-bond donors (Lipinski definition) is 2. The summed E-state index contributed by atoms with van der Waals surface area (Å²) in [6.07, 6.45) is 1.47. The molecule has 4 rings (SSSR count). The van der Waals surface area contributed by atoms with Crippen LogP contribution in [0.15, 0.2) is 64.3 Å². The Morgan fingerprint density at radius 2 is 1.92 bits per heavy atom. The Kier molecular flexibility index (Phi) is 3.99. The fraction of sp³-hybridized carbons (Fsp3) is 0.0556. The number of phenols is 1. The Morgan fingerprint density at radius 1 is 1.12 bits per heavy atom. The zero-order valence-corrected chi connectivity index (χ0v) is 13.8. The van der Waals surface area contributed by atoms with Gasteiger partial charge in [0.1, 0.15) is 28.2 Å². The third-order valence-corrected chi connectivity index (χ3v) is 4.61. The molecule has 0 saturated heterocycles. The smallest absolute Gasteiger partial charge is 0.234 e. The molecule has 0 aliphatic heterocycles. The van der Waals surface area contributed by atoms with Gasteiger partial charge in [-0.15, -0.1) is 0 Å². The predicted octanol–water partition coefficient (Wildman–Crippen LogP) is 3.81. The van der Waals surface area contributed by atoms with E-state index >= 15 is 0 Å². The topological polar surface area (TPSA) is 88.2 Å². The monoisotopic (exact) mass is 351 g/mol. The molecule has 7 heteroatoms. The molecule has 2 heterocycles. The quantitative estimate of drug-likeness (QED) is 0.330. The maximum Gasteiger partial charge on any atom is 0.234 e. The van der Waals surface area contributed by atoms with Crippen molar-refractivity contribution in [3.8, 4) is 5.75 Å². The van der Waals surface area contributed by atoms with Crippen LogP contribution in [0.2, 0.25) is 0 Å². The van der Waals surface area contributed by atoms with Crippen molar-refractivity contribution >= 4 is 45.4 Å². The first-order valence-corrected chi connectivity index (χ1v) is 8.54. The average molecular weight is 351 g/mol. The number of furan rings is 1. The highest BCUT2D eigenvalue weighted by atomic mass is 32.2. The van der Waals surface area contributed by atoms with Crippen LogP contribution in [0.25, 0.3) is 22.1 Å². The van der Waals surface area contributed by atoms with E-state index in [0.717, 1.165) is 16.5 Å². The first-order valence-electron chi connectivity index (χ1n) is 7.55. The van der Waals surface area contributed by atoms with Crippen LogP contribution in [0.1, 0.15) is 0 Å². The number of benzene rings is 2. The van der Waals surface area contributed by atoms with Gasteiger partial charge in [0.25, 0.3) is 0 Å². The highest BCUT2D eigenvalue weighted by Gasteiger charge is 2.15. The molecule has 0 unspecified atom stereocenters. The van der Waals surface area contributed by atoms with Crippen LogP contribution in [0.3, 0.4) is 0 Å². The molecule has 0 atom stereocenters. The van der Waals surface area contributed by atoms with E-state index in [1.54, 1.807) is 18.2 Å². The molecule has 0 bridgehead atoms. The highest BCUT2D eigenvalue weighted by Crippen LogP contribution is 2.32. The summed E-state index contributed by atoms with van der Waals surface area (Å²) in [6.45, 7) is 0. The van der Waals surface area contributed by atoms with Gasteiger partial charge in [0, 0.05) is 5.39 Å². The van der Waals surface area contributed by atoms with E-state index in [0.29, 0.717) is 16.3 Å².